The molecule has 1 aromatic carbocycles. The monoisotopic (exact) mass is 249 g/mol. The molecule has 1 heterocycles. The first-order valence-corrected chi connectivity index (χ1v) is 5.97. The van der Waals surface area contributed by atoms with E-state index < -0.39 is 5.97 Å². The van der Waals surface area contributed by atoms with Crippen molar-refractivity contribution in [3.63, 3.8) is 0 Å². The molecule has 0 aliphatic carbocycles. The van der Waals surface area contributed by atoms with Gasteiger partial charge < -0.3 is 9.84 Å². The third-order valence-electron chi connectivity index (χ3n) is 2.22. The Morgan fingerprint density at radius 2 is 2.24 bits per heavy atom. The molecule has 0 bridgehead atoms. The van der Waals surface area contributed by atoms with Gasteiger partial charge in [0, 0.05) is 10.9 Å². The average Bonchev–Trinajstić information content (AvgIpc) is 2.79. The lowest BCUT2D eigenvalue weighted by molar-refractivity contribution is 0.0527. The Hall–Kier alpha value is -1.88. The molecule has 0 aliphatic rings. The van der Waals surface area contributed by atoms with Gasteiger partial charge in [-0.3, -0.25) is 0 Å². The van der Waals surface area contributed by atoms with E-state index in [0.717, 1.165) is 11.5 Å². The average molecular weight is 249 g/mol. The first kappa shape index (κ1) is 11.6. The van der Waals surface area contributed by atoms with Gasteiger partial charge >= 0.3 is 5.97 Å². The van der Waals surface area contributed by atoms with Crippen LogP contribution in [0.15, 0.2) is 29.6 Å². The highest BCUT2D eigenvalue weighted by molar-refractivity contribution is 7.04. The minimum atomic E-state index is -0.417. The zero-order chi connectivity index (χ0) is 12.3. The van der Waals surface area contributed by atoms with E-state index in [2.05, 4.69) is 4.37 Å². The van der Waals surface area contributed by atoms with E-state index in [9.17, 15) is 9.90 Å². The molecule has 17 heavy (non-hydrogen) atoms. The van der Waals surface area contributed by atoms with Crippen molar-refractivity contribution >= 4 is 17.5 Å². The number of ether oxygens (including phenoxy) is 1. The van der Waals surface area contributed by atoms with Gasteiger partial charge in [-0.25, -0.2) is 4.79 Å². The van der Waals surface area contributed by atoms with Crippen LogP contribution >= 0.6 is 11.5 Å². The number of para-hydroxylation sites is 1. The topological polar surface area (TPSA) is 59.4 Å². The first-order chi connectivity index (χ1) is 8.24. The first-order valence-electron chi connectivity index (χ1n) is 5.14. The summed E-state index contributed by atoms with van der Waals surface area (Å²) in [5, 5.41) is 11.4. The normalized spacial score (nSPS) is 10.2. The van der Waals surface area contributed by atoms with Crippen molar-refractivity contribution < 1.29 is 14.6 Å². The van der Waals surface area contributed by atoms with Crippen LogP contribution < -0.4 is 0 Å². The van der Waals surface area contributed by atoms with Crippen LogP contribution in [0.25, 0.3) is 11.3 Å². The summed E-state index contributed by atoms with van der Waals surface area (Å²) in [4.78, 5) is 11.7. The fourth-order valence-electron chi connectivity index (χ4n) is 1.46. The van der Waals surface area contributed by atoms with Gasteiger partial charge in [0.25, 0.3) is 0 Å². The maximum Gasteiger partial charge on any atom is 0.341 e. The molecule has 0 saturated carbocycles. The maximum atomic E-state index is 11.7. The summed E-state index contributed by atoms with van der Waals surface area (Å²) in [5.74, 6) is -0.316. The Morgan fingerprint density at radius 3 is 2.94 bits per heavy atom. The van der Waals surface area contributed by atoms with Gasteiger partial charge in [-0.15, -0.1) is 0 Å². The molecule has 0 aliphatic heterocycles. The summed E-state index contributed by atoms with van der Waals surface area (Å²) in [5.41, 5.74) is 1.39. The molecular weight excluding hydrogens is 238 g/mol. The van der Waals surface area contributed by atoms with Crippen LogP contribution in [0.2, 0.25) is 0 Å². The summed E-state index contributed by atoms with van der Waals surface area (Å²) < 4.78 is 9.07. The third kappa shape index (κ3) is 2.29. The van der Waals surface area contributed by atoms with Crippen molar-refractivity contribution in [2.45, 2.75) is 6.92 Å². The largest absolute Gasteiger partial charge is 0.507 e. The van der Waals surface area contributed by atoms with E-state index in [1.54, 1.807) is 36.6 Å². The minimum Gasteiger partial charge on any atom is -0.507 e. The van der Waals surface area contributed by atoms with E-state index in [0.29, 0.717) is 23.4 Å². The van der Waals surface area contributed by atoms with Crippen molar-refractivity contribution in [3.05, 3.63) is 35.2 Å². The molecule has 4 nitrogen and oxygen atoms in total. The van der Waals surface area contributed by atoms with Gasteiger partial charge in [0.15, 0.2) is 0 Å². The number of carbonyl (C=O) groups is 1. The molecule has 0 unspecified atom stereocenters. The Balaban J connectivity index is 2.44. The molecule has 2 rings (SSSR count). The number of phenols is 1. The van der Waals surface area contributed by atoms with Crippen molar-refractivity contribution in [2.75, 3.05) is 6.61 Å². The molecule has 0 saturated heterocycles. The number of aromatic nitrogens is 1. The van der Waals surface area contributed by atoms with Crippen LogP contribution in [0.4, 0.5) is 0 Å². The molecule has 0 amide bonds. The number of nitrogens with zero attached hydrogens (tertiary/aromatic N) is 1. The smallest absolute Gasteiger partial charge is 0.341 e. The summed E-state index contributed by atoms with van der Waals surface area (Å²) in [6, 6.07) is 6.77. The third-order valence-corrected chi connectivity index (χ3v) is 2.85. The van der Waals surface area contributed by atoms with Crippen LogP contribution in [0.3, 0.4) is 0 Å². The number of benzene rings is 1. The van der Waals surface area contributed by atoms with Crippen molar-refractivity contribution in [3.8, 4) is 17.0 Å². The number of hydrogen-bond acceptors (Lipinski definition) is 5. The Morgan fingerprint density at radius 1 is 1.47 bits per heavy atom. The van der Waals surface area contributed by atoms with Gasteiger partial charge in [0.05, 0.1) is 12.2 Å². The minimum absolute atomic E-state index is 0.101. The molecule has 5 heteroatoms. The van der Waals surface area contributed by atoms with Gasteiger partial charge in [0.1, 0.15) is 11.4 Å². The van der Waals surface area contributed by atoms with E-state index >= 15 is 0 Å². The predicted octanol–water partition coefficient (Wildman–Crippen LogP) is 2.69. The second-order valence-electron chi connectivity index (χ2n) is 3.31. The van der Waals surface area contributed by atoms with Crippen LogP contribution in [0.1, 0.15) is 17.3 Å². The van der Waals surface area contributed by atoms with Crippen molar-refractivity contribution in [1.82, 2.24) is 4.37 Å². The predicted molar refractivity (Wildman–Crippen MR) is 65.2 cm³/mol. The molecule has 0 radical (unpaired) electrons. The molecular formula is C12H11NO3S. The van der Waals surface area contributed by atoms with Crippen molar-refractivity contribution in [1.29, 1.82) is 0 Å². The highest BCUT2D eigenvalue weighted by Gasteiger charge is 2.18. The molecule has 1 aromatic heterocycles. The number of phenolic OH excluding ortho intramolecular Hbond substituents is 1. The zero-order valence-corrected chi connectivity index (χ0v) is 10.0. The Bertz CT molecular complexity index is 536. The highest BCUT2D eigenvalue weighted by Crippen LogP contribution is 2.31. The van der Waals surface area contributed by atoms with Crippen LogP contribution in [-0.2, 0) is 4.74 Å². The quantitative estimate of drug-likeness (QED) is 0.850. The van der Waals surface area contributed by atoms with Crippen LogP contribution in [0, 0.1) is 0 Å². The summed E-state index contributed by atoms with van der Waals surface area (Å²) in [7, 11) is 0. The van der Waals surface area contributed by atoms with Crippen molar-refractivity contribution in [2.24, 2.45) is 0 Å². The van der Waals surface area contributed by atoms with Gasteiger partial charge in [-0.1, -0.05) is 12.1 Å². The number of aromatic hydroxyl groups is 1. The number of rotatable bonds is 3. The number of carbonyl (C=O) groups excluding carboxylic acids is 1. The second-order valence-corrected chi connectivity index (χ2v) is 3.94. The van der Waals surface area contributed by atoms with E-state index in [1.165, 1.54) is 0 Å². The lowest BCUT2D eigenvalue weighted by atomic mass is 10.1. The lowest BCUT2D eigenvalue weighted by Gasteiger charge is -2.04. The zero-order valence-electron chi connectivity index (χ0n) is 9.21. The van der Waals surface area contributed by atoms with Gasteiger partial charge in [0.2, 0.25) is 0 Å². The second kappa shape index (κ2) is 4.97. The van der Waals surface area contributed by atoms with Gasteiger partial charge in [-0.05, 0) is 30.6 Å². The fourth-order valence-corrected chi connectivity index (χ4v) is 2.13. The number of hydrogen-bond donors (Lipinski definition) is 1. The van der Waals surface area contributed by atoms with Gasteiger partial charge in [-0.2, -0.15) is 4.37 Å². The summed E-state index contributed by atoms with van der Waals surface area (Å²) >= 11 is 1.16. The maximum absolute atomic E-state index is 11.7. The molecule has 88 valence electrons. The molecule has 0 fully saturated rings. The molecule has 0 atom stereocenters. The molecule has 0 spiro atoms. The highest BCUT2D eigenvalue weighted by atomic mass is 32.1. The Kier molecular flexibility index (Phi) is 3.39. The van der Waals surface area contributed by atoms with Crippen LogP contribution in [0.5, 0.6) is 5.75 Å². The SMILES string of the molecule is CCOC(=O)c1csnc1-c1ccccc1O. The Labute approximate surface area is 103 Å². The summed E-state index contributed by atoms with van der Waals surface area (Å²) in [6.07, 6.45) is 0. The lowest BCUT2D eigenvalue weighted by Crippen LogP contribution is -2.04. The van der Waals surface area contributed by atoms with E-state index in [-0.39, 0.29) is 5.75 Å². The summed E-state index contributed by atoms with van der Waals surface area (Å²) in [6.45, 7) is 2.06. The molecule has 2 aromatic rings. The van der Waals surface area contributed by atoms with E-state index in [4.69, 9.17) is 4.74 Å². The van der Waals surface area contributed by atoms with E-state index in [1.807, 2.05) is 0 Å². The standard InChI is InChI=1S/C12H11NO3S/c1-2-16-12(15)9-7-17-13-11(9)8-5-3-4-6-10(8)14/h3-7,14H,2H2,1H3. The van der Waals surface area contributed by atoms with Crippen LogP contribution in [-0.4, -0.2) is 22.1 Å². The fraction of sp³-hybridized carbons (Fsp3) is 0.167. The molecule has 1 N–H and O–H groups in total. The number of esters is 1.